The van der Waals surface area contributed by atoms with Crippen molar-refractivity contribution >= 4 is 5.97 Å². The fourth-order valence-electron chi connectivity index (χ4n) is 5.36. The van der Waals surface area contributed by atoms with E-state index in [-0.39, 0.29) is 10.8 Å². The summed E-state index contributed by atoms with van der Waals surface area (Å²) in [6.07, 6.45) is 6.93. The van der Waals surface area contributed by atoms with E-state index in [2.05, 4.69) is 0 Å². The molecule has 5 fully saturated rings. The number of hydrogen-bond donors (Lipinski definition) is 1. The van der Waals surface area contributed by atoms with Crippen LogP contribution in [0.5, 0.6) is 0 Å². The second kappa shape index (κ2) is 2.63. The molecule has 0 spiro atoms. The van der Waals surface area contributed by atoms with Crippen LogP contribution < -0.4 is 0 Å². The van der Waals surface area contributed by atoms with Gasteiger partial charge in [-0.1, -0.05) is 0 Å². The van der Waals surface area contributed by atoms with Crippen LogP contribution in [0.15, 0.2) is 0 Å². The quantitative estimate of drug-likeness (QED) is 0.727. The molecule has 1 N–H and O–H groups in total. The smallest absolute Gasteiger partial charge is 0.309 e. The number of epoxide rings is 1. The predicted octanol–water partition coefficient (Wildman–Crippen LogP) is 2.06. The number of aliphatic carboxylic acids is 1. The lowest BCUT2D eigenvalue weighted by Crippen LogP contribution is -2.56. The third-order valence-corrected chi connectivity index (χ3v) is 5.58. The van der Waals surface area contributed by atoms with Crippen molar-refractivity contribution in [3.8, 4) is 0 Å². The Bertz CT molecular complexity index is 344. The maximum absolute atomic E-state index is 11.6. The van der Waals surface area contributed by atoms with Gasteiger partial charge in [-0.2, -0.15) is 0 Å². The number of carboxylic acid groups (broad SMARTS) is 1. The molecule has 3 atom stereocenters. The third-order valence-electron chi connectivity index (χ3n) is 5.58. The van der Waals surface area contributed by atoms with Gasteiger partial charge in [0.05, 0.1) is 18.1 Å². The van der Waals surface area contributed by atoms with Gasteiger partial charge in [0.15, 0.2) is 0 Å². The summed E-state index contributed by atoms with van der Waals surface area (Å²) in [5, 5.41) is 9.55. The van der Waals surface area contributed by atoms with Crippen LogP contribution in [0.3, 0.4) is 0 Å². The maximum atomic E-state index is 11.6. The monoisotopic (exact) mass is 222 g/mol. The minimum Gasteiger partial charge on any atom is -0.481 e. The van der Waals surface area contributed by atoms with Gasteiger partial charge in [-0.3, -0.25) is 4.79 Å². The molecule has 3 unspecified atom stereocenters. The van der Waals surface area contributed by atoms with E-state index in [1.165, 1.54) is 19.3 Å². The minimum atomic E-state index is -0.536. The Balaban J connectivity index is 1.76. The van der Waals surface area contributed by atoms with Gasteiger partial charge in [-0.15, -0.1) is 0 Å². The van der Waals surface area contributed by atoms with Crippen LogP contribution in [0, 0.1) is 22.7 Å². The highest BCUT2D eigenvalue weighted by atomic mass is 16.6. The lowest BCUT2D eigenvalue weighted by atomic mass is 9.43. The number of hydrogen-bond acceptors (Lipinski definition) is 2. The van der Waals surface area contributed by atoms with Crippen LogP contribution >= 0.6 is 0 Å². The average molecular weight is 222 g/mol. The molecular formula is C13H18O3. The van der Waals surface area contributed by atoms with Crippen molar-refractivity contribution in [3.63, 3.8) is 0 Å². The lowest BCUT2D eigenvalue weighted by Gasteiger charge is -2.60. The number of rotatable bonds is 2. The zero-order chi connectivity index (χ0) is 11.0. The summed E-state index contributed by atoms with van der Waals surface area (Å²) < 4.78 is 5.53. The number of ether oxygens (including phenoxy) is 1. The van der Waals surface area contributed by atoms with Crippen molar-refractivity contribution in [2.24, 2.45) is 22.7 Å². The summed E-state index contributed by atoms with van der Waals surface area (Å²) in [6, 6.07) is 0. The van der Waals surface area contributed by atoms with E-state index in [1.54, 1.807) is 0 Å². The molecule has 3 nitrogen and oxygen atoms in total. The van der Waals surface area contributed by atoms with Crippen molar-refractivity contribution in [2.45, 2.75) is 44.6 Å². The fourth-order valence-corrected chi connectivity index (χ4v) is 5.36. The van der Waals surface area contributed by atoms with Crippen LogP contribution in [0.4, 0.5) is 0 Å². The Labute approximate surface area is 95.2 Å². The van der Waals surface area contributed by atoms with Crippen LogP contribution in [0.25, 0.3) is 0 Å². The highest BCUT2D eigenvalue weighted by molar-refractivity contribution is 5.75. The van der Waals surface area contributed by atoms with Crippen molar-refractivity contribution in [1.82, 2.24) is 0 Å². The molecule has 0 aromatic carbocycles. The molecule has 1 aliphatic heterocycles. The summed E-state index contributed by atoms with van der Waals surface area (Å²) in [4.78, 5) is 11.6. The zero-order valence-corrected chi connectivity index (χ0v) is 9.45. The average Bonchev–Trinajstić information content (AvgIpc) is 2.97. The van der Waals surface area contributed by atoms with E-state index in [0.29, 0.717) is 17.9 Å². The molecular weight excluding hydrogens is 204 g/mol. The van der Waals surface area contributed by atoms with Gasteiger partial charge >= 0.3 is 5.97 Å². The highest BCUT2D eigenvalue weighted by Gasteiger charge is 2.65. The molecule has 0 aromatic heterocycles. The topological polar surface area (TPSA) is 49.8 Å². The van der Waals surface area contributed by atoms with Crippen molar-refractivity contribution in [2.75, 3.05) is 6.61 Å². The fraction of sp³-hybridized carbons (Fsp3) is 0.923. The van der Waals surface area contributed by atoms with Gasteiger partial charge in [0.1, 0.15) is 0 Å². The molecule has 0 aromatic rings. The minimum absolute atomic E-state index is 0.252. The van der Waals surface area contributed by atoms with Crippen molar-refractivity contribution in [3.05, 3.63) is 0 Å². The summed E-state index contributed by atoms with van der Waals surface area (Å²) in [6.45, 7) is 0.884. The standard InChI is InChI=1S/C13H18O3/c14-11(15)13-4-8-1-9(5-13)3-12(2-8,7-13)10-6-16-10/h8-10H,1-7H2,(H,14,15). The number of carboxylic acids is 1. The molecule has 4 saturated carbocycles. The van der Waals surface area contributed by atoms with E-state index >= 15 is 0 Å². The van der Waals surface area contributed by atoms with Gasteiger partial charge in [0.2, 0.25) is 0 Å². The third kappa shape index (κ3) is 1.05. The summed E-state index contributed by atoms with van der Waals surface area (Å²) in [5.41, 5.74) is -0.126. The van der Waals surface area contributed by atoms with E-state index in [9.17, 15) is 9.90 Å². The molecule has 1 heterocycles. The first kappa shape index (κ1) is 9.46. The van der Waals surface area contributed by atoms with Gasteiger partial charge in [0.25, 0.3) is 0 Å². The Kier molecular flexibility index (Phi) is 1.56. The molecule has 4 aliphatic carbocycles. The van der Waals surface area contributed by atoms with E-state index in [4.69, 9.17) is 4.74 Å². The largest absolute Gasteiger partial charge is 0.481 e. The normalized spacial score (nSPS) is 57.6. The summed E-state index contributed by atoms with van der Waals surface area (Å²) in [7, 11) is 0. The highest BCUT2D eigenvalue weighted by Crippen LogP contribution is 2.67. The Hall–Kier alpha value is -0.570. The summed E-state index contributed by atoms with van der Waals surface area (Å²) in [5.74, 6) is 0.801. The van der Waals surface area contributed by atoms with E-state index < -0.39 is 5.97 Å². The Morgan fingerprint density at radius 2 is 1.81 bits per heavy atom. The molecule has 0 radical (unpaired) electrons. The van der Waals surface area contributed by atoms with Crippen LogP contribution in [0.2, 0.25) is 0 Å². The Morgan fingerprint density at radius 3 is 2.31 bits per heavy atom. The van der Waals surface area contributed by atoms with Crippen molar-refractivity contribution < 1.29 is 14.6 Å². The predicted molar refractivity (Wildman–Crippen MR) is 56.9 cm³/mol. The summed E-state index contributed by atoms with van der Waals surface area (Å²) >= 11 is 0. The molecule has 16 heavy (non-hydrogen) atoms. The zero-order valence-electron chi connectivity index (χ0n) is 9.45. The van der Waals surface area contributed by atoms with Gasteiger partial charge in [-0.25, -0.2) is 0 Å². The Morgan fingerprint density at radius 1 is 1.19 bits per heavy atom. The molecule has 3 heteroatoms. The number of carbonyl (C=O) groups is 1. The first-order chi connectivity index (χ1) is 7.62. The molecule has 88 valence electrons. The van der Waals surface area contributed by atoms with Gasteiger partial charge < -0.3 is 9.84 Å². The van der Waals surface area contributed by atoms with Crippen LogP contribution in [0.1, 0.15) is 38.5 Å². The maximum Gasteiger partial charge on any atom is 0.309 e. The van der Waals surface area contributed by atoms with Gasteiger partial charge in [0, 0.05) is 5.41 Å². The van der Waals surface area contributed by atoms with Crippen molar-refractivity contribution in [1.29, 1.82) is 0 Å². The second-order valence-corrected chi connectivity index (χ2v) is 6.73. The van der Waals surface area contributed by atoms with E-state index in [1.807, 2.05) is 0 Å². The molecule has 0 amide bonds. The first-order valence-corrected chi connectivity index (χ1v) is 6.47. The SMILES string of the molecule is O=C(O)C12CC3CC(C1)CC(C1CO1)(C3)C2. The molecule has 5 rings (SSSR count). The van der Waals surface area contributed by atoms with Crippen LogP contribution in [-0.2, 0) is 9.53 Å². The first-order valence-electron chi connectivity index (χ1n) is 6.47. The molecule has 5 aliphatic rings. The van der Waals surface area contributed by atoms with E-state index in [0.717, 1.165) is 25.9 Å². The molecule has 4 bridgehead atoms. The second-order valence-electron chi connectivity index (χ2n) is 6.73. The molecule has 1 saturated heterocycles. The van der Waals surface area contributed by atoms with Gasteiger partial charge in [-0.05, 0) is 50.4 Å². The van der Waals surface area contributed by atoms with Crippen LogP contribution in [-0.4, -0.2) is 23.8 Å². The lowest BCUT2D eigenvalue weighted by molar-refractivity contribution is -0.176.